The summed E-state index contributed by atoms with van der Waals surface area (Å²) in [6.45, 7) is 0. The lowest BCUT2D eigenvalue weighted by Crippen LogP contribution is -2.11. The predicted octanol–water partition coefficient (Wildman–Crippen LogP) is 7.20. The van der Waals surface area contributed by atoms with Crippen LogP contribution in [0.5, 0.6) is 11.5 Å². The van der Waals surface area contributed by atoms with E-state index in [-0.39, 0.29) is 11.8 Å². The third kappa shape index (κ3) is 8.05. The topological polar surface area (TPSA) is 76.7 Å². The maximum Gasteiger partial charge on any atom is 0.255 e. The lowest BCUT2D eigenvalue weighted by Gasteiger charge is -2.07. The van der Waals surface area contributed by atoms with E-state index in [0.717, 1.165) is 0 Å². The Labute approximate surface area is 219 Å². The lowest BCUT2D eigenvalue weighted by atomic mass is 10.2. The summed E-state index contributed by atoms with van der Waals surface area (Å²) in [5.41, 5.74) is 2.49. The van der Waals surface area contributed by atoms with Crippen LogP contribution in [0.4, 0.5) is 11.4 Å². The number of anilines is 2. The van der Waals surface area contributed by atoms with Crippen LogP contribution in [0.3, 0.4) is 0 Å². The lowest BCUT2D eigenvalue weighted by molar-refractivity contribution is 0.101. The van der Waals surface area contributed by atoms with Gasteiger partial charge >= 0.3 is 0 Å². The Morgan fingerprint density at radius 3 is 1.28 bits per heavy atom. The molecule has 4 aromatic carbocycles. The number of hydrogen-bond acceptors (Lipinski definition) is 4. The fraction of sp³-hybridized carbons (Fsp3) is 0.0714. The number of nitrogens with one attached hydrogen (secondary N) is 2. The second-order valence-electron chi connectivity index (χ2n) is 7.39. The fourth-order valence-electron chi connectivity index (χ4n) is 3.01. The summed E-state index contributed by atoms with van der Waals surface area (Å²) in [7, 11) is 3.17. The third-order valence-corrected chi connectivity index (χ3v) is 5.37. The van der Waals surface area contributed by atoms with Gasteiger partial charge in [-0.05, 0) is 72.8 Å². The molecule has 0 aliphatic carbocycles. The van der Waals surface area contributed by atoms with Crippen LogP contribution in [0.25, 0.3) is 0 Å². The maximum atomic E-state index is 11.9. The number of carbonyl (C=O) groups is 2. The molecule has 0 aliphatic heterocycles. The molecule has 2 N–H and O–H groups in total. The number of ether oxygens (including phenoxy) is 2. The Kier molecular flexibility index (Phi) is 9.74. The fourth-order valence-corrected chi connectivity index (χ4v) is 3.26. The number of benzene rings is 4. The summed E-state index contributed by atoms with van der Waals surface area (Å²) in [6.07, 6.45) is 0. The zero-order valence-corrected chi connectivity index (χ0v) is 21.1. The van der Waals surface area contributed by atoms with Crippen molar-refractivity contribution >= 4 is 46.4 Å². The SMILES string of the molecule is COc1cccc(NC(=O)c2ccc(Cl)cc2)c1.COc1cccc(NC(=O)c2ccc(Cl)cc2)c1. The first-order valence-electron chi connectivity index (χ1n) is 10.8. The first-order valence-corrected chi connectivity index (χ1v) is 11.6. The van der Waals surface area contributed by atoms with Crippen LogP contribution in [0.1, 0.15) is 20.7 Å². The summed E-state index contributed by atoms with van der Waals surface area (Å²) in [5, 5.41) is 6.79. The van der Waals surface area contributed by atoms with E-state index < -0.39 is 0 Å². The Bertz CT molecular complexity index is 1210. The summed E-state index contributed by atoms with van der Waals surface area (Å²) in [6, 6.07) is 27.8. The van der Waals surface area contributed by atoms with Gasteiger partial charge in [-0.25, -0.2) is 0 Å². The van der Waals surface area contributed by atoms with Gasteiger partial charge in [0, 0.05) is 44.7 Å². The highest BCUT2D eigenvalue weighted by Gasteiger charge is 2.07. The summed E-state index contributed by atoms with van der Waals surface area (Å²) >= 11 is 11.5. The second kappa shape index (κ2) is 13.2. The number of halogens is 2. The van der Waals surface area contributed by atoms with Gasteiger partial charge in [-0.15, -0.1) is 0 Å². The van der Waals surface area contributed by atoms with Gasteiger partial charge in [-0.3, -0.25) is 9.59 Å². The normalized spacial score (nSPS) is 9.89. The number of rotatable bonds is 6. The smallest absolute Gasteiger partial charge is 0.255 e. The van der Waals surface area contributed by atoms with E-state index in [0.29, 0.717) is 44.0 Å². The minimum absolute atomic E-state index is 0.181. The van der Waals surface area contributed by atoms with Crippen molar-refractivity contribution in [2.75, 3.05) is 24.9 Å². The summed E-state index contributed by atoms with van der Waals surface area (Å²) < 4.78 is 10.2. The molecule has 0 unspecified atom stereocenters. The van der Waals surface area contributed by atoms with Crippen LogP contribution in [0.2, 0.25) is 10.0 Å². The third-order valence-electron chi connectivity index (χ3n) is 4.87. The first kappa shape index (κ1) is 26.6. The molecule has 0 fully saturated rings. The molecule has 0 saturated heterocycles. The van der Waals surface area contributed by atoms with Crippen LogP contribution in [0, 0.1) is 0 Å². The largest absolute Gasteiger partial charge is 0.497 e. The van der Waals surface area contributed by atoms with Gasteiger partial charge in [0.1, 0.15) is 11.5 Å². The van der Waals surface area contributed by atoms with Crippen LogP contribution in [0.15, 0.2) is 97.1 Å². The van der Waals surface area contributed by atoms with Crippen LogP contribution in [-0.4, -0.2) is 26.0 Å². The van der Waals surface area contributed by atoms with E-state index in [9.17, 15) is 9.59 Å². The first-order chi connectivity index (χ1) is 17.4. The Hall–Kier alpha value is -4.00. The zero-order valence-electron chi connectivity index (χ0n) is 19.6. The van der Waals surface area contributed by atoms with E-state index in [4.69, 9.17) is 32.7 Å². The molecule has 0 heterocycles. The van der Waals surface area contributed by atoms with Crippen molar-refractivity contribution < 1.29 is 19.1 Å². The van der Waals surface area contributed by atoms with E-state index >= 15 is 0 Å². The van der Waals surface area contributed by atoms with Gasteiger partial charge in [0.05, 0.1) is 14.2 Å². The number of amides is 2. The molecule has 0 aliphatic rings. The number of carbonyl (C=O) groups excluding carboxylic acids is 2. The molecule has 0 radical (unpaired) electrons. The van der Waals surface area contributed by atoms with Gasteiger partial charge in [0.25, 0.3) is 11.8 Å². The molecule has 0 saturated carbocycles. The second-order valence-corrected chi connectivity index (χ2v) is 8.26. The molecule has 0 bridgehead atoms. The van der Waals surface area contributed by atoms with Crippen LogP contribution >= 0.6 is 23.2 Å². The molecule has 2 amide bonds. The average molecular weight is 523 g/mol. The van der Waals surface area contributed by atoms with Gasteiger partial charge in [-0.1, -0.05) is 35.3 Å². The highest BCUT2D eigenvalue weighted by atomic mass is 35.5. The molecule has 8 heteroatoms. The van der Waals surface area contributed by atoms with Crippen molar-refractivity contribution in [3.05, 3.63) is 118 Å². The van der Waals surface area contributed by atoms with Gasteiger partial charge in [0.2, 0.25) is 0 Å². The Morgan fingerprint density at radius 2 is 0.944 bits per heavy atom. The molecule has 184 valence electrons. The van der Waals surface area contributed by atoms with Crippen molar-refractivity contribution in [1.82, 2.24) is 0 Å². The molecule has 0 atom stereocenters. The highest BCUT2D eigenvalue weighted by Crippen LogP contribution is 2.19. The van der Waals surface area contributed by atoms with Crippen LogP contribution in [-0.2, 0) is 0 Å². The Balaban J connectivity index is 0.000000201. The van der Waals surface area contributed by atoms with Crippen molar-refractivity contribution in [1.29, 1.82) is 0 Å². The molecular formula is C28H24Cl2N2O4. The average Bonchev–Trinajstić information content (AvgIpc) is 2.90. The molecule has 36 heavy (non-hydrogen) atoms. The minimum Gasteiger partial charge on any atom is -0.497 e. The van der Waals surface area contributed by atoms with E-state index in [1.54, 1.807) is 87.0 Å². The standard InChI is InChI=1S/2C14H12ClNO2/c2*1-18-13-4-2-3-12(9-13)16-14(17)10-5-7-11(15)8-6-10/h2*2-9H,1H3,(H,16,17). The summed E-state index contributed by atoms with van der Waals surface area (Å²) in [5.74, 6) is 1.03. The van der Waals surface area contributed by atoms with Gasteiger partial charge in [0.15, 0.2) is 0 Å². The van der Waals surface area contributed by atoms with E-state index in [1.165, 1.54) is 0 Å². The molecule has 0 spiro atoms. The highest BCUT2D eigenvalue weighted by molar-refractivity contribution is 6.31. The van der Waals surface area contributed by atoms with Gasteiger partial charge in [-0.2, -0.15) is 0 Å². The quantitative estimate of drug-likeness (QED) is 0.280. The van der Waals surface area contributed by atoms with Crippen LogP contribution < -0.4 is 20.1 Å². The molecular weight excluding hydrogens is 499 g/mol. The van der Waals surface area contributed by atoms with Crippen molar-refractivity contribution in [3.8, 4) is 11.5 Å². The van der Waals surface area contributed by atoms with Crippen molar-refractivity contribution in [3.63, 3.8) is 0 Å². The number of methoxy groups -OCH3 is 2. The van der Waals surface area contributed by atoms with Crippen molar-refractivity contribution in [2.45, 2.75) is 0 Å². The number of hydrogen-bond donors (Lipinski definition) is 2. The Morgan fingerprint density at radius 1 is 0.583 bits per heavy atom. The summed E-state index contributed by atoms with van der Waals surface area (Å²) in [4.78, 5) is 23.9. The molecule has 4 rings (SSSR count). The molecule has 4 aromatic rings. The van der Waals surface area contributed by atoms with Gasteiger partial charge < -0.3 is 20.1 Å². The molecule has 6 nitrogen and oxygen atoms in total. The predicted molar refractivity (Wildman–Crippen MR) is 145 cm³/mol. The van der Waals surface area contributed by atoms with E-state index in [1.807, 2.05) is 24.3 Å². The van der Waals surface area contributed by atoms with E-state index in [2.05, 4.69) is 10.6 Å². The monoisotopic (exact) mass is 522 g/mol. The minimum atomic E-state index is -0.181. The maximum absolute atomic E-state index is 11.9. The zero-order chi connectivity index (χ0) is 25.9. The molecule has 0 aromatic heterocycles. The van der Waals surface area contributed by atoms with Crippen molar-refractivity contribution in [2.24, 2.45) is 0 Å².